The number of aliphatic hydroxyl groups is 1. The minimum absolute atomic E-state index is 0.157. The number of aromatic nitrogens is 2. The van der Waals surface area contributed by atoms with Gasteiger partial charge in [0.1, 0.15) is 11.5 Å². The maximum absolute atomic E-state index is 13.3. The summed E-state index contributed by atoms with van der Waals surface area (Å²) in [5.74, 6) is 0.418. The Hall–Kier alpha value is -3.65. The Balaban J connectivity index is 1.22. The van der Waals surface area contributed by atoms with Gasteiger partial charge in [0, 0.05) is 61.2 Å². The summed E-state index contributed by atoms with van der Waals surface area (Å²) in [5, 5.41) is 14.5. The van der Waals surface area contributed by atoms with Gasteiger partial charge in [-0.2, -0.15) is 0 Å². The molecule has 8 heteroatoms. The van der Waals surface area contributed by atoms with E-state index in [-0.39, 0.29) is 12.5 Å². The number of hydrogen-bond acceptors (Lipinski definition) is 5. The van der Waals surface area contributed by atoms with E-state index in [1.165, 1.54) is 0 Å². The van der Waals surface area contributed by atoms with Crippen molar-refractivity contribution in [3.63, 3.8) is 0 Å². The van der Waals surface area contributed by atoms with Gasteiger partial charge in [0.2, 0.25) is 0 Å². The fourth-order valence-corrected chi connectivity index (χ4v) is 5.44. The van der Waals surface area contributed by atoms with E-state index in [4.69, 9.17) is 16.6 Å². The topological polar surface area (TPSA) is 73.6 Å². The number of carbonyl (C=O) groups is 1. The second-order valence-electron chi connectivity index (χ2n) is 10.4. The number of aliphatic hydroxyl groups excluding tert-OH is 1. The van der Waals surface area contributed by atoms with Gasteiger partial charge in [-0.25, -0.2) is 4.98 Å². The molecule has 208 valence electrons. The minimum atomic E-state index is -0.684. The largest absolute Gasteiger partial charge is 0.390 e. The molecule has 0 spiro atoms. The molecule has 1 aromatic heterocycles. The van der Waals surface area contributed by atoms with Gasteiger partial charge in [-0.1, -0.05) is 65.7 Å². The van der Waals surface area contributed by atoms with Crippen LogP contribution in [-0.4, -0.2) is 70.8 Å². The van der Waals surface area contributed by atoms with Gasteiger partial charge in [0.15, 0.2) is 0 Å². The molecule has 40 heavy (non-hydrogen) atoms. The van der Waals surface area contributed by atoms with Gasteiger partial charge in [0.05, 0.1) is 11.8 Å². The molecule has 1 atom stereocenters. The number of anilines is 1. The SMILES string of the molecule is Cc1ccc(-n2c(-c3ccccc3)nc(C(=O)NCC(O)CN3CCN(c4cccc(Cl)c4C)CC3)c2C)cc1. The van der Waals surface area contributed by atoms with E-state index >= 15 is 0 Å². The zero-order valence-corrected chi connectivity index (χ0v) is 24.0. The van der Waals surface area contributed by atoms with Gasteiger partial charge in [0.25, 0.3) is 5.91 Å². The second kappa shape index (κ2) is 12.3. The van der Waals surface area contributed by atoms with Crippen LogP contribution in [0.4, 0.5) is 5.69 Å². The lowest BCUT2D eigenvalue weighted by molar-refractivity contribution is 0.0847. The molecule has 2 N–H and O–H groups in total. The molecule has 1 amide bonds. The first-order valence-corrected chi connectivity index (χ1v) is 14.1. The summed E-state index contributed by atoms with van der Waals surface area (Å²) >= 11 is 6.31. The quantitative estimate of drug-likeness (QED) is 0.318. The van der Waals surface area contributed by atoms with Gasteiger partial charge in [-0.3, -0.25) is 14.3 Å². The predicted molar refractivity (Wildman–Crippen MR) is 162 cm³/mol. The van der Waals surface area contributed by atoms with Crippen LogP contribution in [-0.2, 0) is 0 Å². The number of β-amino-alcohol motifs (C(OH)–C–C–N with tert-alkyl or cyclic N) is 1. The molecule has 4 aromatic rings. The number of rotatable bonds is 8. The Morgan fingerprint density at radius 1 is 0.950 bits per heavy atom. The molecule has 0 radical (unpaired) electrons. The zero-order valence-electron chi connectivity index (χ0n) is 23.3. The number of hydrogen-bond donors (Lipinski definition) is 2. The standard InChI is InChI=1S/C32H36ClN5O2/c1-22-12-14-26(15-13-22)38-24(3)30(35-31(38)25-8-5-4-6-9-25)32(40)34-20-27(39)21-36-16-18-37(19-17-36)29-11-7-10-28(33)23(29)2/h4-15,27,39H,16-21H2,1-3H3,(H,34,40). The molecule has 5 rings (SSSR count). The highest BCUT2D eigenvalue weighted by Crippen LogP contribution is 2.28. The number of imidazole rings is 1. The second-order valence-corrected chi connectivity index (χ2v) is 10.8. The van der Waals surface area contributed by atoms with Gasteiger partial charge < -0.3 is 15.3 Å². The molecule has 1 aliphatic rings. The van der Waals surface area contributed by atoms with Crippen molar-refractivity contribution in [2.45, 2.75) is 26.9 Å². The van der Waals surface area contributed by atoms with Crippen LogP contribution in [0, 0.1) is 20.8 Å². The maximum atomic E-state index is 13.3. The average molecular weight is 558 g/mol. The van der Waals surface area contributed by atoms with Crippen molar-refractivity contribution in [3.8, 4) is 17.1 Å². The fourth-order valence-electron chi connectivity index (χ4n) is 5.27. The molecule has 3 aromatic carbocycles. The molecule has 1 aliphatic heterocycles. The van der Waals surface area contributed by atoms with E-state index in [1.807, 2.05) is 79.9 Å². The van der Waals surface area contributed by atoms with E-state index in [2.05, 4.69) is 33.3 Å². The molecule has 0 aliphatic carbocycles. The van der Waals surface area contributed by atoms with Crippen molar-refractivity contribution >= 4 is 23.2 Å². The third-order valence-corrected chi connectivity index (χ3v) is 7.98. The molecule has 1 fully saturated rings. The van der Waals surface area contributed by atoms with Crippen LogP contribution in [0.15, 0.2) is 72.8 Å². The van der Waals surface area contributed by atoms with Crippen LogP contribution in [0.3, 0.4) is 0 Å². The van der Waals surface area contributed by atoms with Crippen molar-refractivity contribution < 1.29 is 9.90 Å². The fraction of sp³-hybridized carbons (Fsp3) is 0.312. The summed E-state index contributed by atoms with van der Waals surface area (Å²) in [7, 11) is 0. The monoisotopic (exact) mass is 557 g/mol. The zero-order chi connectivity index (χ0) is 28.2. The molecule has 7 nitrogen and oxygen atoms in total. The first-order chi connectivity index (χ1) is 19.3. The Morgan fingerprint density at radius 2 is 1.65 bits per heavy atom. The number of benzene rings is 3. The molecule has 0 saturated carbocycles. The third-order valence-electron chi connectivity index (χ3n) is 7.57. The summed E-state index contributed by atoms with van der Waals surface area (Å²) in [6.07, 6.45) is -0.684. The summed E-state index contributed by atoms with van der Waals surface area (Å²) in [6, 6.07) is 24.0. The lowest BCUT2D eigenvalue weighted by Crippen LogP contribution is -2.50. The Morgan fingerprint density at radius 3 is 2.35 bits per heavy atom. The molecular formula is C32H36ClN5O2. The molecule has 2 heterocycles. The van der Waals surface area contributed by atoms with Crippen molar-refractivity contribution in [3.05, 3.63) is 100 Å². The van der Waals surface area contributed by atoms with E-state index in [0.29, 0.717) is 18.1 Å². The molecule has 0 bridgehead atoms. The first kappa shape index (κ1) is 27.9. The van der Waals surface area contributed by atoms with E-state index in [1.54, 1.807) is 0 Å². The number of nitrogens with zero attached hydrogens (tertiary/aromatic N) is 4. The van der Waals surface area contributed by atoms with Crippen LogP contribution >= 0.6 is 11.6 Å². The minimum Gasteiger partial charge on any atom is -0.390 e. The summed E-state index contributed by atoms with van der Waals surface area (Å²) < 4.78 is 2.02. The van der Waals surface area contributed by atoms with E-state index < -0.39 is 6.10 Å². The Labute approximate surface area is 241 Å². The van der Waals surface area contributed by atoms with Gasteiger partial charge in [-0.05, 0) is 50.6 Å². The number of aryl methyl sites for hydroxylation is 1. The van der Waals surface area contributed by atoms with Gasteiger partial charge >= 0.3 is 0 Å². The number of nitrogens with one attached hydrogen (secondary N) is 1. The molecular weight excluding hydrogens is 522 g/mol. The summed E-state index contributed by atoms with van der Waals surface area (Å²) in [5.41, 5.74) is 6.40. The lowest BCUT2D eigenvalue weighted by atomic mass is 10.1. The highest BCUT2D eigenvalue weighted by atomic mass is 35.5. The number of piperazine rings is 1. The Bertz CT molecular complexity index is 1460. The van der Waals surface area contributed by atoms with Gasteiger partial charge in [-0.15, -0.1) is 0 Å². The van der Waals surface area contributed by atoms with Crippen molar-refractivity contribution in [2.75, 3.05) is 44.2 Å². The van der Waals surface area contributed by atoms with Crippen molar-refractivity contribution in [1.29, 1.82) is 0 Å². The van der Waals surface area contributed by atoms with Crippen molar-refractivity contribution in [2.24, 2.45) is 0 Å². The van der Waals surface area contributed by atoms with E-state index in [9.17, 15) is 9.90 Å². The van der Waals surface area contributed by atoms with Crippen LogP contribution in [0.1, 0.15) is 27.3 Å². The van der Waals surface area contributed by atoms with Crippen LogP contribution in [0.25, 0.3) is 17.1 Å². The molecule has 1 saturated heterocycles. The highest BCUT2D eigenvalue weighted by molar-refractivity contribution is 6.31. The Kier molecular flexibility index (Phi) is 8.54. The predicted octanol–water partition coefficient (Wildman–Crippen LogP) is 5.03. The number of amides is 1. The first-order valence-electron chi connectivity index (χ1n) is 13.7. The highest BCUT2D eigenvalue weighted by Gasteiger charge is 2.24. The lowest BCUT2D eigenvalue weighted by Gasteiger charge is -2.37. The number of halogens is 1. The average Bonchev–Trinajstić information content (AvgIpc) is 3.31. The van der Waals surface area contributed by atoms with Crippen LogP contribution in [0.2, 0.25) is 5.02 Å². The normalized spacial score (nSPS) is 14.8. The molecule has 1 unspecified atom stereocenters. The third kappa shape index (κ3) is 6.07. The maximum Gasteiger partial charge on any atom is 0.271 e. The number of carbonyl (C=O) groups excluding carboxylic acids is 1. The summed E-state index contributed by atoms with van der Waals surface area (Å²) in [6.45, 7) is 10.0. The van der Waals surface area contributed by atoms with Crippen LogP contribution < -0.4 is 10.2 Å². The summed E-state index contributed by atoms with van der Waals surface area (Å²) in [4.78, 5) is 22.6. The smallest absolute Gasteiger partial charge is 0.271 e. The van der Waals surface area contributed by atoms with E-state index in [0.717, 1.165) is 65.0 Å². The van der Waals surface area contributed by atoms with Crippen molar-refractivity contribution in [1.82, 2.24) is 19.8 Å². The van der Waals surface area contributed by atoms with Crippen LogP contribution in [0.5, 0.6) is 0 Å².